The van der Waals surface area contributed by atoms with Crippen LogP contribution in [0.5, 0.6) is 0 Å². The van der Waals surface area contributed by atoms with Crippen molar-refractivity contribution in [3.63, 3.8) is 0 Å². The van der Waals surface area contributed by atoms with E-state index in [2.05, 4.69) is 5.32 Å². The second-order valence-corrected chi connectivity index (χ2v) is 2.92. The lowest BCUT2D eigenvalue weighted by Gasteiger charge is -2.07. The normalized spacial score (nSPS) is 25.7. The van der Waals surface area contributed by atoms with Gasteiger partial charge < -0.3 is 5.32 Å². The smallest absolute Gasteiger partial charge is 0.287 e. The molecule has 1 saturated heterocycles. The minimum Gasteiger partial charge on any atom is -0.349 e. The van der Waals surface area contributed by atoms with Crippen LogP contribution in [-0.4, -0.2) is 18.2 Å². The lowest BCUT2D eigenvalue weighted by atomic mass is 9.94. The van der Waals surface area contributed by atoms with Crippen LogP contribution in [0, 0.1) is 11.8 Å². The summed E-state index contributed by atoms with van der Waals surface area (Å²) in [5, 5.41) is 2.51. The molecule has 0 aromatic rings. The van der Waals surface area contributed by atoms with Gasteiger partial charge in [0, 0.05) is 12.5 Å². The molecule has 0 saturated carbocycles. The molecule has 1 heterocycles. The third kappa shape index (κ3) is 1.03. The van der Waals surface area contributed by atoms with Gasteiger partial charge in [-0.3, -0.25) is 9.59 Å². The van der Waals surface area contributed by atoms with E-state index in [1.807, 2.05) is 13.8 Å². The van der Waals surface area contributed by atoms with Crippen molar-refractivity contribution in [3.05, 3.63) is 0 Å². The zero-order valence-electron chi connectivity index (χ0n) is 6.18. The average molecular weight is 141 g/mol. The Balaban J connectivity index is 2.66. The molecule has 1 amide bonds. The van der Waals surface area contributed by atoms with Crippen molar-refractivity contribution >= 4 is 11.7 Å². The van der Waals surface area contributed by atoms with Crippen LogP contribution in [0.15, 0.2) is 0 Å². The van der Waals surface area contributed by atoms with Crippen LogP contribution in [0.25, 0.3) is 0 Å². The minimum atomic E-state index is -0.418. The third-order valence-corrected chi connectivity index (χ3v) is 1.85. The number of Topliss-reactive ketones (excluding diaryl/α,β-unsaturated/α-hetero) is 1. The van der Waals surface area contributed by atoms with E-state index in [9.17, 15) is 9.59 Å². The number of amides is 1. The average Bonchev–Trinajstić information content (AvgIpc) is 2.14. The van der Waals surface area contributed by atoms with E-state index in [1.165, 1.54) is 0 Å². The summed E-state index contributed by atoms with van der Waals surface area (Å²) in [7, 11) is 0. The molecular formula is C7H11NO2. The quantitative estimate of drug-likeness (QED) is 0.521. The molecule has 1 fully saturated rings. The van der Waals surface area contributed by atoms with Gasteiger partial charge in [0.25, 0.3) is 5.91 Å². The van der Waals surface area contributed by atoms with E-state index in [0.717, 1.165) is 0 Å². The highest BCUT2D eigenvalue weighted by molar-refractivity contribution is 6.38. The fourth-order valence-corrected chi connectivity index (χ4v) is 1.09. The monoisotopic (exact) mass is 141 g/mol. The Labute approximate surface area is 59.8 Å². The first-order valence-corrected chi connectivity index (χ1v) is 3.45. The first-order chi connectivity index (χ1) is 4.63. The lowest BCUT2D eigenvalue weighted by molar-refractivity contribution is -0.137. The van der Waals surface area contributed by atoms with Gasteiger partial charge in [0.1, 0.15) is 0 Å². The molecule has 0 bridgehead atoms. The maximum Gasteiger partial charge on any atom is 0.287 e. The zero-order chi connectivity index (χ0) is 7.72. The SMILES string of the molecule is CC(C)[C@H]1CNC(=O)C1=O. The van der Waals surface area contributed by atoms with E-state index in [0.29, 0.717) is 6.54 Å². The molecule has 10 heavy (non-hydrogen) atoms. The Morgan fingerprint density at radius 3 is 2.30 bits per heavy atom. The van der Waals surface area contributed by atoms with Crippen molar-refractivity contribution in [2.45, 2.75) is 13.8 Å². The molecule has 1 N–H and O–H groups in total. The van der Waals surface area contributed by atoms with Crippen LogP contribution in [0.4, 0.5) is 0 Å². The Bertz CT molecular complexity index is 174. The molecule has 0 aliphatic carbocycles. The van der Waals surface area contributed by atoms with Crippen molar-refractivity contribution in [1.82, 2.24) is 5.32 Å². The van der Waals surface area contributed by atoms with Gasteiger partial charge in [-0.15, -0.1) is 0 Å². The second-order valence-electron chi connectivity index (χ2n) is 2.92. The highest BCUT2D eigenvalue weighted by Crippen LogP contribution is 2.14. The van der Waals surface area contributed by atoms with Crippen LogP contribution in [0.1, 0.15) is 13.8 Å². The van der Waals surface area contributed by atoms with E-state index in [4.69, 9.17) is 0 Å². The highest BCUT2D eigenvalue weighted by Gasteiger charge is 2.33. The van der Waals surface area contributed by atoms with Gasteiger partial charge in [0.2, 0.25) is 5.78 Å². The maximum absolute atomic E-state index is 10.9. The van der Waals surface area contributed by atoms with Gasteiger partial charge in [-0.2, -0.15) is 0 Å². The predicted octanol–water partition coefficient (Wildman–Crippen LogP) is -0.0425. The minimum absolute atomic E-state index is 0.0903. The summed E-state index contributed by atoms with van der Waals surface area (Å²) in [6.07, 6.45) is 0. The summed E-state index contributed by atoms with van der Waals surface area (Å²) >= 11 is 0. The maximum atomic E-state index is 10.9. The number of hydrogen-bond acceptors (Lipinski definition) is 2. The zero-order valence-corrected chi connectivity index (χ0v) is 6.18. The number of nitrogens with one attached hydrogen (secondary N) is 1. The topological polar surface area (TPSA) is 46.2 Å². The van der Waals surface area contributed by atoms with Crippen molar-refractivity contribution in [2.75, 3.05) is 6.54 Å². The standard InChI is InChI=1S/C7H11NO2/c1-4(2)5-3-8-7(10)6(5)9/h4-5H,3H2,1-2H3,(H,8,10)/t5-/m1/s1. The van der Waals surface area contributed by atoms with E-state index in [-0.39, 0.29) is 17.6 Å². The lowest BCUT2D eigenvalue weighted by Crippen LogP contribution is -2.20. The van der Waals surface area contributed by atoms with Gasteiger partial charge in [-0.05, 0) is 5.92 Å². The molecule has 3 nitrogen and oxygen atoms in total. The van der Waals surface area contributed by atoms with Gasteiger partial charge in [-0.25, -0.2) is 0 Å². The molecule has 1 rings (SSSR count). The number of carbonyl (C=O) groups excluding carboxylic acids is 2. The number of carbonyl (C=O) groups is 2. The molecule has 0 aromatic carbocycles. The van der Waals surface area contributed by atoms with E-state index >= 15 is 0 Å². The Hall–Kier alpha value is -0.860. The fourth-order valence-electron chi connectivity index (χ4n) is 1.09. The molecule has 3 heteroatoms. The van der Waals surface area contributed by atoms with Crippen LogP contribution >= 0.6 is 0 Å². The van der Waals surface area contributed by atoms with Crippen molar-refractivity contribution in [3.8, 4) is 0 Å². The summed E-state index contributed by atoms with van der Waals surface area (Å²) in [4.78, 5) is 21.6. The highest BCUT2D eigenvalue weighted by atomic mass is 16.2. The molecule has 1 aliphatic rings. The van der Waals surface area contributed by atoms with E-state index in [1.54, 1.807) is 0 Å². The second kappa shape index (κ2) is 2.40. The molecular weight excluding hydrogens is 130 g/mol. The summed E-state index contributed by atoms with van der Waals surface area (Å²) in [6.45, 7) is 4.42. The van der Waals surface area contributed by atoms with Crippen LogP contribution in [-0.2, 0) is 9.59 Å². The largest absolute Gasteiger partial charge is 0.349 e. The molecule has 0 spiro atoms. The molecule has 1 atom stereocenters. The summed E-state index contributed by atoms with van der Waals surface area (Å²) < 4.78 is 0. The molecule has 0 unspecified atom stereocenters. The Morgan fingerprint density at radius 2 is 2.10 bits per heavy atom. The van der Waals surface area contributed by atoms with E-state index < -0.39 is 5.91 Å². The number of hydrogen-bond donors (Lipinski definition) is 1. The molecule has 0 aromatic heterocycles. The van der Waals surface area contributed by atoms with Gasteiger partial charge in [0.05, 0.1) is 0 Å². The van der Waals surface area contributed by atoms with Crippen LogP contribution in [0.3, 0.4) is 0 Å². The van der Waals surface area contributed by atoms with Crippen LogP contribution < -0.4 is 5.32 Å². The summed E-state index contributed by atoms with van der Waals surface area (Å²) in [5.41, 5.74) is 0. The number of ketones is 1. The first-order valence-electron chi connectivity index (χ1n) is 3.45. The summed E-state index contributed by atoms with van der Waals surface area (Å²) in [6, 6.07) is 0. The first kappa shape index (κ1) is 7.25. The fraction of sp³-hybridized carbons (Fsp3) is 0.714. The van der Waals surface area contributed by atoms with Gasteiger partial charge in [-0.1, -0.05) is 13.8 Å². The molecule has 1 aliphatic heterocycles. The molecule has 56 valence electrons. The van der Waals surface area contributed by atoms with Crippen molar-refractivity contribution in [2.24, 2.45) is 11.8 Å². The predicted molar refractivity (Wildman–Crippen MR) is 36.3 cm³/mol. The summed E-state index contributed by atoms with van der Waals surface area (Å²) in [5.74, 6) is -0.493. The molecule has 0 radical (unpaired) electrons. The van der Waals surface area contributed by atoms with Gasteiger partial charge >= 0.3 is 0 Å². The van der Waals surface area contributed by atoms with Crippen molar-refractivity contribution in [1.29, 1.82) is 0 Å². The number of rotatable bonds is 1. The Morgan fingerprint density at radius 1 is 1.50 bits per heavy atom. The third-order valence-electron chi connectivity index (χ3n) is 1.85. The van der Waals surface area contributed by atoms with Crippen molar-refractivity contribution < 1.29 is 9.59 Å². The van der Waals surface area contributed by atoms with Crippen LogP contribution in [0.2, 0.25) is 0 Å². The van der Waals surface area contributed by atoms with Gasteiger partial charge in [0.15, 0.2) is 0 Å². The Kier molecular flexibility index (Phi) is 1.74.